The minimum atomic E-state index is -0.420. The van der Waals surface area contributed by atoms with Crippen LogP contribution in [0.5, 0.6) is 0 Å². The number of halogens is 2. The van der Waals surface area contributed by atoms with Crippen LogP contribution in [0, 0.1) is 0 Å². The number of rotatable bonds is 1. The summed E-state index contributed by atoms with van der Waals surface area (Å²) in [6.45, 7) is 0. The summed E-state index contributed by atoms with van der Waals surface area (Å²) in [5.74, 6) is 0. The second-order valence-corrected chi connectivity index (χ2v) is 5.89. The van der Waals surface area contributed by atoms with Crippen molar-refractivity contribution >= 4 is 49.8 Å². The van der Waals surface area contributed by atoms with Crippen LogP contribution < -0.4 is 5.63 Å². The first-order valence-electron chi connectivity index (χ1n) is 4.99. The smallest absolute Gasteiger partial charge is 0.345 e. The lowest BCUT2D eigenvalue weighted by Gasteiger charge is -2.01. The SMILES string of the molecule is O=c1oc2c(Br)cccc2cc1-c1csc(Cl)n1. The maximum absolute atomic E-state index is 11.9. The van der Waals surface area contributed by atoms with Gasteiger partial charge in [-0.05, 0) is 28.1 Å². The second kappa shape index (κ2) is 4.50. The zero-order chi connectivity index (χ0) is 12.7. The molecule has 0 saturated carbocycles. The van der Waals surface area contributed by atoms with Crippen molar-refractivity contribution in [3.05, 3.63) is 49.0 Å². The fourth-order valence-corrected chi connectivity index (χ4v) is 2.89. The van der Waals surface area contributed by atoms with Crippen molar-refractivity contribution in [2.24, 2.45) is 0 Å². The van der Waals surface area contributed by atoms with Gasteiger partial charge in [0.1, 0.15) is 0 Å². The third kappa shape index (κ3) is 1.98. The van der Waals surface area contributed by atoms with Gasteiger partial charge in [-0.15, -0.1) is 11.3 Å². The molecule has 0 radical (unpaired) electrons. The van der Waals surface area contributed by atoms with E-state index in [1.54, 1.807) is 11.4 Å². The molecule has 90 valence electrons. The molecule has 2 heterocycles. The van der Waals surface area contributed by atoms with Gasteiger partial charge in [-0.25, -0.2) is 9.78 Å². The van der Waals surface area contributed by atoms with E-state index >= 15 is 0 Å². The molecule has 3 rings (SSSR count). The summed E-state index contributed by atoms with van der Waals surface area (Å²) in [6, 6.07) is 7.34. The molecule has 0 atom stereocenters. The van der Waals surface area contributed by atoms with Crippen molar-refractivity contribution in [2.45, 2.75) is 0 Å². The molecule has 3 nitrogen and oxygen atoms in total. The van der Waals surface area contributed by atoms with Crippen molar-refractivity contribution in [1.29, 1.82) is 0 Å². The monoisotopic (exact) mass is 341 g/mol. The quantitative estimate of drug-likeness (QED) is 0.618. The van der Waals surface area contributed by atoms with Crippen LogP contribution in [0.25, 0.3) is 22.2 Å². The standard InChI is InChI=1S/C12H5BrClNO2S/c13-8-3-1-2-6-4-7(11(16)17-10(6)8)9-5-18-12(14)15-9/h1-5H. The van der Waals surface area contributed by atoms with Gasteiger partial charge < -0.3 is 4.42 Å². The van der Waals surface area contributed by atoms with Gasteiger partial charge >= 0.3 is 5.63 Å². The van der Waals surface area contributed by atoms with Crippen molar-refractivity contribution in [3.63, 3.8) is 0 Å². The van der Waals surface area contributed by atoms with E-state index in [2.05, 4.69) is 20.9 Å². The van der Waals surface area contributed by atoms with Crippen LogP contribution in [0.4, 0.5) is 0 Å². The Labute approximate surface area is 119 Å². The number of thiazole rings is 1. The Hall–Kier alpha value is -1.17. The average Bonchev–Trinajstić information content (AvgIpc) is 2.76. The van der Waals surface area contributed by atoms with Crippen molar-refractivity contribution in [2.75, 3.05) is 0 Å². The number of hydrogen-bond donors (Lipinski definition) is 0. The zero-order valence-electron chi connectivity index (χ0n) is 8.81. The summed E-state index contributed by atoms with van der Waals surface area (Å²) in [5.41, 5.74) is 1.08. The molecule has 18 heavy (non-hydrogen) atoms. The van der Waals surface area contributed by atoms with Crippen molar-refractivity contribution < 1.29 is 4.42 Å². The van der Waals surface area contributed by atoms with Crippen LogP contribution in [0.15, 0.2) is 43.3 Å². The van der Waals surface area contributed by atoms with Crippen LogP contribution in [-0.2, 0) is 0 Å². The van der Waals surface area contributed by atoms with Crippen molar-refractivity contribution in [3.8, 4) is 11.3 Å². The van der Waals surface area contributed by atoms with Gasteiger partial charge in [0.25, 0.3) is 0 Å². The molecule has 0 N–H and O–H groups in total. The van der Waals surface area contributed by atoms with Gasteiger partial charge in [0.2, 0.25) is 0 Å². The van der Waals surface area contributed by atoms with E-state index in [-0.39, 0.29) is 0 Å². The molecule has 0 unspecified atom stereocenters. The molecular weight excluding hydrogens is 338 g/mol. The molecule has 0 aliphatic heterocycles. The molecule has 0 fully saturated rings. The number of nitrogens with zero attached hydrogens (tertiary/aromatic N) is 1. The number of aromatic nitrogens is 1. The Morgan fingerprint density at radius 2 is 2.22 bits per heavy atom. The minimum absolute atomic E-state index is 0.402. The highest BCUT2D eigenvalue weighted by molar-refractivity contribution is 9.10. The van der Waals surface area contributed by atoms with Gasteiger partial charge in [0.15, 0.2) is 10.0 Å². The number of fused-ring (bicyclic) bond motifs is 1. The second-order valence-electron chi connectivity index (χ2n) is 3.59. The van der Waals surface area contributed by atoms with Crippen molar-refractivity contribution in [1.82, 2.24) is 4.98 Å². The first-order valence-corrected chi connectivity index (χ1v) is 7.04. The number of benzene rings is 1. The Balaban J connectivity index is 2.32. The average molecular weight is 343 g/mol. The highest BCUT2D eigenvalue weighted by atomic mass is 79.9. The Kier molecular flexibility index (Phi) is 2.97. The largest absolute Gasteiger partial charge is 0.421 e. The van der Waals surface area contributed by atoms with Gasteiger partial charge in [0.05, 0.1) is 15.7 Å². The molecule has 0 aliphatic carbocycles. The molecule has 0 bridgehead atoms. The van der Waals surface area contributed by atoms with E-state index in [0.717, 1.165) is 9.86 Å². The molecule has 0 spiro atoms. The normalized spacial score (nSPS) is 11.0. The lowest BCUT2D eigenvalue weighted by Crippen LogP contribution is -2.02. The summed E-state index contributed by atoms with van der Waals surface area (Å²) in [7, 11) is 0. The van der Waals surface area contributed by atoms with E-state index in [0.29, 0.717) is 21.3 Å². The summed E-state index contributed by atoms with van der Waals surface area (Å²) >= 11 is 10.4. The molecular formula is C12H5BrClNO2S. The zero-order valence-corrected chi connectivity index (χ0v) is 12.0. The third-order valence-electron chi connectivity index (χ3n) is 2.46. The lowest BCUT2D eigenvalue weighted by molar-refractivity contribution is 0.561. The molecule has 2 aromatic heterocycles. The number of hydrogen-bond acceptors (Lipinski definition) is 4. The van der Waals surface area contributed by atoms with Crippen LogP contribution in [0.1, 0.15) is 0 Å². The van der Waals surface area contributed by atoms with E-state index < -0.39 is 5.63 Å². The third-order valence-corrected chi connectivity index (χ3v) is 4.07. The summed E-state index contributed by atoms with van der Waals surface area (Å²) in [6.07, 6.45) is 0. The van der Waals surface area contributed by atoms with Gasteiger partial charge in [0, 0.05) is 10.8 Å². The first-order chi connectivity index (χ1) is 8.65. The predicted molar refractivity (Wildman–Crippen MR) is 76.3 cm³/mol. The van der Waals surface area contributed by atoms with E-state index in [4.69, 9.17) is 16.0 Å². The maximum atomic E-state index is 11.9. The fraction of sp³-hybridized carbons (Fsp3) is 0. The van der Waals surface area contributed by atoms with Gasteiger partial charge in [-0.1, -0.05) is 23.7 Å². The van der Waals surface area contributed by atoms with Crippen LogP contribution in [0.3, 0.4) is 0 Å². The maximum Gasteiger partial charge on any atom is 0.345 e. The van der Waals surface area contributed by atoms with Crippen LogP contribution in [-0.4, -0.2) is 4.98 Å². The summed E-state index contributed by atoms with van der Waals surface area (Å²) < 4.78 is 6.46. The lowest BCUT2D eigenvalue weighted by atomic mass is 10.1. The summed E-state index contributed by atoms with van der Waals surface area (Å²) in [4.78, 5) is 16.0. The molecule has 0 aliphatic rings. The molecule has 6 heteroatoms. The van der Waals surface area contributed by atoms with E-state index in [1.807, 2.05) is 18.2 Å². The van der Waals surface area contributed by atoms with Crippen LogP contribution in [0.2, 0.25) is 4.47 Å². The molecule has 0 saturated heterocycles. The topological polar surface area (TPSA) is 43.1 Å². The summed E-state index contributed by atoms with van der Waals surface area (Å²) in [5, 5.41) is 2.57. The highest BCUT2D eigenvalue weighted by Crippen LogP contribution is 2.27. The molecule has 1 aromatic carbocycles. The first kappa shape index (κ1) is 11.9. The molecule has 0 amide bonds. The predicted octanol–water partition coefficient (Wildman–Crippen LogP) is 4.33. The Bertz CT molecular complexity index is 796. The van der Waals surface area contributed by atoms with Gasteiger partial charge in [-0.2, -0.15) is 0 Å². The Morgan fingerprint density at radius 1 is 1.39 bits per heavy atom. The Morgan fingerprint density at radius 3 is 2.94 bits per heavy atom. The van der Waals surface area contributed by atoms with E-state index in [1.165, 1.54) is 11.3 Å². The minimum Gasteiger partial charge on any atom is -0.421 e. The van der Waals surface area contributed by atoms with Gasteiger partial charge in [-0.3, -0.25) is 0 Å². The van der Waals surface area contributed by atoms with Crippen LogP contribution >= 0.6 is 38.9 Å². The highest BCUT2D eigenvalue weighted by Gasteiger charge is 2.12. The molecule has 3 aromatic rings. The number of para-hydroxylation sites is 1. The fourth-order valence-electron chi connectivity index (χ4n) is 1.66. The van der Waals surface area contributed by atoms with E-state index in [9.17, 15) is 4.79 Å².